The van der Waals surface area contributed by atoms with Gasteiger partial charge in [0.05, 0.1) is 6.54 Å². The fourth-order valence-corrected chi connectivity index (χ4v) is 12.2. The van der Waals surface area contributed by atoms with Gasteiger partial charge in [0.25, 0.3) is 0 Å². The highest BCUT2D eigenvalue weighted by molar-refractivity contribution is 5.85. The second-order valence-corrected chi connectivity index (χ2v) is 28.5. The lowest BCUT2D eigenvalue weighted by atomic mass is 9.66. The minimum Gasteiger partial charge on any atom is -1.00 e. The third kappa shape index (κ3) is 27.2. The Morgan fingerprint density at radius 3 is 1.26 bits per heavy atom. The SMILES string of the molecule is CC(C)(C)OC(=O)N1CCC/C(=C\c2ccc(F)cc2)C1.CC(C)(C)OC(=O)N1CCCC(=O)C1.CC(C)(C)OC(=O)N1CCCC(Cc2ccc(F)cc2)C1.Fc1ccc(CC(c2ccccc2)(c2ccccc2)c2ccccc2)cc1.Fc1ccc(CC2CCCNC2)cc1.[Cl-]. The van der Waals surface area contributed by atoms with E-state index in [4.69, 9.17) is 14.2 Å². The second kappa shape index (κ2) is 38.2. The molecular weight excluding hydrogens is 1260 g/mol. The van der Waals surface area contributed by atoms with Gasteiger partial charge in [-0.3, -0.25) is 4.79 Å². The summed E-state index contributed by atoms with van der Waals surface area (Å²) in [5, 5.41) is 3.39. The zero-order valence-corrected chi connectivity index (χ0v) is 59.4. The Kier molecular flexibility index (Phi) is 30.7. The number of nitrogens with one attached hydrogen (secondary N) is 1. The van der Waals surface area contributed by atoms with E-state index in [1.807, 2.05) is 123 Å². The molecule has 16 heteroatoms. The van der Waals surface area contributed by atoms with Crippen LogP contribution >= 0.6 is 0 Å². The van der Waals surface area contributed by atoms with Crippen molar-refractivity contribution in [2.75, 3.05) is 52.4 Å². The summed E-state index contributed by atoms with van der Waals surface area (Å²) in [6.45, 7) is 22.5. The maximum atomic E-state index is 13.5. The van der Waals surface area contributed by atoms with E-state index in [1.54, 1.807) is 46.2 Å². The van der Waals surface area contributed by atoms with Gasteiger partial charge in [-0.1, -0.05) is 151 Å². The average Bonchev–Trinajstić information content (AvgIpc) is 0.753. The second-order valence-electron chi connectivity index (χ2n) is 28.5. The molecule has 2 unspecified atom stereocenters. The van der Waals surface area contributed by atoms with Crippen molar-refractivity contribution in [1.29, 1.82) is 0 Å². The highest BCUT2D eigenvalue weighted by Crippen LogP contribution is 2.42. The molecule has 0 spiro atoms. The first-order valence-corrected chi connectivity index (χ1v) is 34.2. The number of nitrogens with zero attached hydrogens (tertiary/aromatic N) is 3. The van der Waals surface area contributed by atoms with Crippen molar-refractivity contribution in [3.63, 3.8) is 0 Å². The number of amides is 3. The van der Waals surface area contributed by atoms with Crippen LogP contribution in [0.1, 0.15) is 153 Å². The van der Waals surface area contributed by atoms with Crippen molar-refractivity contribution in [3.8, 4) is 0 Å². The zero-order chi connectivity index (χ0) is 70.0. The van der Waals surface area contributed by atoms with Crippen molar-refractivity contribution in [1.82, 2.24) is 20.0 Å². The first-order valence-electron chi connectivity index (χ1n) is 34.2. The van der Waals surface area contributed by atoms with Gasteiger partial charge in [-0.25, -0.2) is 31.9 Å². The monoisotopic (exact) mass is 1360 g/mol. The van der Waals surface area contributed by atoms with E-state index in [2.05, 4.69) is 78.1 Å². The molecule has 11 rings (SSSR count). The smallest absolute Gasteiger partial charge is 0.410 e. The number of halogens is 5. The molecule has 4 aliphatic rings. The molecule has 98 heavy (non-hydrogen) atoms. The lowest BCUT2D eigenvalue weighted by Gasteiger charge is -2.36. The van der Waals surface area contributed by atoms with Crippen LogP contribution in [0, 0.1) is 35.1 Å². The molecule has 4 fully saturated rings. The lowest BCUT2D eigenvalue weighted by Crippen LogP contribution is -3.00. The van der Waals surface area contributed by atoms with Gasteiger partial charge in [0.2, 0.25) is 0 Å². The molecule has 3 amide bonds. The molecule has 11 nitrogen and oxygen atoms in total. The van der Waals surface area contributed by atoms with Crippen LogP contribution in [0.5, 0.6) is 0 Å². The van der Waals surface area contributed by atoms with Gasteiger partial charge in [-0.2, -0.15) is 0 Å². The molecule has 4 aliphatic heterocycles. The number of rotatable bonds is 10. The highest BCUT2D eigenvalue weighted by Gasteiger charge is 2.37. The van der Waals surface area contributed by atoms with Crippen LogP contribution in [0.15, 0.2) is 194 Å². The van der Waals surface area contributed by atoms with E-state index in [0.29, 0.717) is 32.0 Å². The fraction of sp³-hybridized carbons (Fsp3) is 0.415. The predicted molar refractivity (Wildman–Crippen MR) is 379 cm³/mol. The van der Waals surface area contributed by atoms with E-state index >= 15 is 0 Å². The molecule has 7 aromatic rings. The van der Waals surface area contributed by atoms with E-state index in [9.17, 15) is 36.7 Å². The number of carbonyl (C=O) groups excluding carboxylic acids is 4. The van der Waals surface area contributed by atoms with Crippen molar-refractivity contribution in [3.05, 3.63) is 256 Å². The minimum absolute atomic E-state index is 0. The quantitative estimate of drug-likeness (QED) is 0.0817. The molecule has 0 saturated carbocycles. The Hall–Kier alpha value is -8.27. The molecule has 4 saturated heterocycles. The number of piperidine rings is 4. The van der Waals surface area contributed by atoms with Crippen LogP contribution < -0.4 is 17.7 Å². The summed E-state index contributed by atoms with van der Waals surface area (Å²) >= 11 is 0. The summed E-state index contributed by atoms with van der Waals surface area (Å²) < 4.78 is 68.0. The lowest BCUT2D eigenvalue weighted by molar-refractivity contribution is -0.122. The standard InChI is InChI=1S/C26H21F.C17H24FNO2.C17H22FNO2.C12H16FN.C10H17NO3.ClH/c27-25-18-16-21(17-19-25)20-26(22-10-4-1-5-11-22,23-12-6-2-7-13-23)24-14-8-3-9-15-24;2*1-17(2,3)21-16(20)19-10-4-5-14(12-19)11-13-6-8-15(18)9-7-13;13-12-5-3-10(4-6-12)8-11-2-1-7-14-9-11;1-10(2,3)14-9(13)11-6-4-5-8(12)7-11;/h1-19H,20H2;6-9,14H,4-5,10-12H2,1-3H3;6-9,11H,4-5,10,12H2,1-3H3;3-6,11,14H,1-2,7-9H2;4-7H2,1-3H3;1H/p-1/b;;14-11+;;;. The summed E-state index contributed by atoms with van der Waals surface area (Å²) in [5.41, 5.74) is 7.51. The number of ketones is 1. The van der Waals surface area contributed by atoms with E-state index in [0.717, 1.165) is 100 Å². The molecule has 0 radical (unpaired) electrons. The number of likely N-dealkylation sites (tertiary alicyclic amines) is 3. The van der Waals surface area contributed by atoms with Crippen LogP contribution in [0.3, 0.4) is 0 Å². The third-order valence-electron chi connectivity index (χ3n) is 16.7. The predicted octanol–water partition coefficient (Wildman–Crippen LogP) is 15.6. The number of ether oxygens (including phenoxy) is 3. The molecule has 0 aromatic heterocycles. The van der Waals surface area contributed by atoms with Crippen LogP contribution in [0.2, 0.25) is 0 Å². The van der Waals surface area contributed by atoms with Gasteiger partial charge in [0.15, 0.2) is 5.78 Å². The Labute approximate surface area is 585 Å². The number of hydrogen-bond acceptors (Lipinski definition) is 8. The molecule has 4 heterocycles. The topological polar surface area (TPSA) is 118 Å². The normalized spacial score (nSPS) is 16.9. The zero-order valence-electron chi connectivity index (χ0n) is 58.7. The summed E-state index contributed by atoms with van der Waals surface area (Å²) in [6.07, 6.45) is 11.7. The summed E-state index contributed by atoms with van der Waals surface area (Å²) in [6, 6.07) is 58.5. The Bertz CT molecular complexity index is 3460. The van der Waals surface area contributed by atoms with Crippen molar-refractivity contribution in [2.24, 2.45) is 11.8 Å². The molecule has 0 bridgehead atoms. The molecule has 526 valence electrons. The van der Waals surface area contributed by atoms with Gasteiger partial charge in [0.1, 0.15) is 40.1 Å². The summed E-state index contributed by atoms with van der Waals surface area (Å²) in [4.78, 5) is 51.8. The van der Waals surface area contributed by atoms with Crippen LogP contribution in [-0.4, -0.2) is 108 Å². The van der Waals surface area contributed by atoms with E-state index < -0.39 is 16.8 Å². The van der Waals surface area contributed by atoms with E-state index in [1.165, 1.54) is 69.8 Å². The first-order chi connectivity index (χ1) is 46.2. The number of hydrogen-bond donors (Lipinski definition) is 1. The van der Waals surface area contributed by atoms with Gasteiger partial charge in [-0.05, 0) is 239 Å². The molecule has 1 N–H and O–H groups in total. The molecule has 0 aliphatic carbocycles. The summed E-state index contributed by atoms with van der Waals surface area (Å²) in [7, 11) is 0. The average molecular weight is 1370 g/mol. The first kappa shape index (κ1) is 78.7. The number of Topliss-reactive ketones (excluding diaryl/α,β-unsaturated/α-hetero) is 1. The van der Waals surface area contributed by atoms with Crippen molar-refractivity contribution < 1.29 is 63.4 Å². The van der Waals surface area contributed by atoms with E-state index in [-0.39, 0.29) is 71.7 Å². The van der Waals surface area contributed by atoms with Gasteiger partial charge in [-0.15, -0.1) is 0 Å². The highest BCUT2D eigenvalue weighted by atomic mass is 35.5. The van der Waals surface area contributed by atoms with Gasteiger partial charge < -0.3 is 46.6 Å². The van der Waals surface area contributed by atoms with Gasteiger partial charge in [0, 0.05) is 44.6 Å². The Balaban J connectivity index is 0.000000197. The van der Waals surface area contributed by atoms with Crippen molar-refractivity contribution >= 4 is 30.1 Å². The fourth-order valence-electron chi connectivity index (χ4n) is 12.2. The molecule has 2 atom stereocenters. The maximum Gasteiger partial charge on any atom is 0.410 e. The Morgan fingerprint density at radius 1 is 0.459 bits per heavy atom. The summed E-state index contributed by atoms with van der Waals surface area (Å²) in [5.74, 6) is 0.459. The van der Waals surface area contributed by atoms with Crippen molar-refractivity contribution in [2.45, 2.75) is 155 Å². The Morgan fingerprint density at radius 2 is 0.837 bits per heavy atom. The molecule has 7 aromatic carbocycles. The third-order valence-corrected chi connectivity index (χ3v) is 16.7. The van der Waals surface area contributed by atoms with Crippen LogP contribution in [0.25, 0.3) is 6.08 Å². The van der Waals surface area contributed by atoms with Crippen LogP contribution in [-0.2, 0) is 43.7 Å². The largest absolute Gasteiger partial charge is 1.00 e. The number of benzene rings is 7. The van der Waals surface area contributed by atoms with Crippen LogP contribution in [0.4, 0.5) is 31.9 Å². The molecular formula is C82H100ClF4N4O7-. The minimum atomic E-state index is -0.489. The maximum absolute atomic E-state index is 13.5. The number of carbonyl (C=O) groups is 4. The van der Waals surface area contributed by atoms with Gasteiger partial charge >= 0.3 is 18.3 Å².